The zero-order valence-electron chi connectivity index (χ0n) is 21.2. The molecule has 15 heteroatoms. The van der Waals surface area contributed by atoms with E-state index < -0.39 is 0 Å². The van der Waals surface area contributed by atoms with E-state index >= 15 is 0 Å². The molecule has 0 saturated heterocycles. The van der Waals surface area contributed by atoms with Crippen LogP contribution in [-0.2, 0) is 40.3 Å². The second-order valence-electron chi connectivity index (χ2n) is 7.84. The summed E-state index contributed by atoms with van der Waals surface area (Å²) in [5.41, 5.74) is 8.33. The Morgan fingerprint density at radius 1 is 0.615 bits per heavy atom. The Hall–Kier alpha value is -3.29. The third-order valence-electron chi connectivity index (χ3n) is 5.09. The summed E-state index contributed by atoms with van der Waals surface area (Å²) in [5.74, 6) is 1.90. The molecule has 4 aromatic heterocycles. The number of H-pyrrole nitrogens is 4. The van der Waals surface area contributed by atoms with Crippen LogP contribution in [-0.4, -0.2) is 51.3 Å². The summed E-state index contributed by atoms with van der Waals surface area (Å²) in [4.78, 5) is 15.6. The molecule has 12 nitrogen and oxygen atoms in total. The van der Waals surface area contributed by atoms with Gasteiger partial charge in [0, 0.05) is 24.2 Å². The minimum absolute atomic E-state index is 0. The van der Waals surface area contributed by atoms with E-state index in [9.17, 15) is 0 Å². The van der Waals surface area contributed by atoms with Crippen molar-refractivity contribution in [3.8, 4) is 0 Å². The van der Waals surface area contributed by atoms with Crippen LogP contribution < -0.4 is 24.8 Å². The molecule has 0 spiro atoms. The number of halogens is 2. The molecule has 0 unspecified atom stereocenters. The van der Waals surface area contributed by atoms with E-state index in [4.69, 9.17) is 0 Å². The van der Waals surface area contributed by atoms with Crippen LogP contribution in [0.25, 0.3) is 22.1 Å². The van der Waals surface area contributed by atoms with Crippen LogP contribution in [0.2, 0.25) is 0 Å². The van der Waals surface area contributed by atoms with Gasteiger partial charge in [-0.05, 0) is 50.2 Å². The van der Waals surface area contributed by atoms with E-state index in [0.29, 0.717) is 0 Å². The zero-order valence-corrected chi connectivity index (χ0v) is 23.7. The minimum Gasteiger partial charge on any atom is -1.00 e. The number of benzene rings is 2. The topological polar surface area (TPSA) is 244 Å². The van der Waals surface area contributed by atoms with Crippen LogP contribution in [0.1, 0.15) is 34.4 Å². The quantitative estimate of drug-likeness (QED) is 0.111. The molecule has 14 N–H and O–H groups in total. The zero-order chi connectivity index (χ0) is 21.9. The van der Waals surface area contributed by atoms with Crippen LogP contribution in [0.4, 0.5) is 0 Å². The molecule has 2 aromatic carbocycles. The van der Waals surface area contributed by atoms with Gasteiger partial charge in [0.15, 0.2) is 0 Å². The van der Waals surface area contributed by atoms with E-state index in [0.717, 1.165) is 69.3 Å². The Balaban J connectivity index is -0.000000563. The predicted octanol–water partition coefficient (Wildman–Crippen LogP) is -5.12. The van der Waals surface area contributed by atoms with Crippen molar-refractivity contribution < 1.29 is 63.2 Å². The summed E-state index contributed by atoms with van der Waals surface area (Å²) in [6.07, 6.45) is 1.47. The second kappa shape index (κ2) is 18.1. The first kappa shape index (κ1) is 40.2. The number of fused-ring (bicyclic) bond motifs is 2. The molecule has 0 aliphatic carbocycles. The monoisotopic (exact) mass is 626 g/mol. The number of nitrogens with zero attached hydrogens (tertiary/aromatic N) is 4. The summed E-state index contributed by atoms with van der Waals surface area (Å²) in [6, 6.07) is 20.1. The molecule has 216 valence electrons. The Morgan fingerprint density at radius 2 is 0.974 bits per heavy atom. The van der Waals surface area contributed by atoms with E-state index in [1.165, 1.54) is 0 Å². The van der Waals surface area contributed by atoms with E-state index in [-0.39, 0.29) is 63.2 Å². The number of aromatic amines is 4. The van der Waals surface area contributed by atoms with Gasteiger partial charge in [-0.15, -0.1) is 0 Å². The molecular weight excluding hydrogens is 594 g/mol. The number of nitrogens with one attached hydrogen (secondary N) is 4. The maximum absolute atomic E-state index is 4.51. The fraction of sp³-hybridized carbons (Fsp3) is 0.167. The molecule has 0 aliphatic rings. The van der Waals surface area contributed by atoms with Gasteiger partial charge >= 0.3 is 16.5 Å². The van der Waals surface area contributed by atoms with Gasteiger partial charge in [-0.1, -0.05) is 24.3 Å². The Labute approximate surface area is 246 Å². The van der Waals surface area contributed by atoms with Crippen LogP contribution in [0.15, 0.2) is 60.7 Å². The fourth-order valence-electron chi connectivity index (χ4n) is 3.65. The van der Waals surface area contributed by atoms with Crippen LogP contribution in [0, 0.1) is 13.8 Å². The number of rotatable bonds is 4. The molecule has 4 heterocycles. The normalized spacial score (nSPS) is 9.08. The molecule has 39 heavy (non-hydrogen) atoms. The van der Waals surface area contributed by atoms with E-state index in [1.54, 1.807) is 0 Å². The molecule has 0 atom stereocenters. The number of hydrogen-bond donors (Lipinski definition) is 4. The molecular formula is C24H34Cl2N8NiO4+2. The van der Waals surface area contributed by atoms with Crippen molar-refractivity contribution in [1.82, 2.24) is 40.3 Å². The summed E-state index contributed by atoms with van der Waals surface area (Å²) in [6.45, 7) is 3.99. The maximum Gasteiger partial charge on any atom is 2.00 e. The summed E-state index contributed by atoms with van der Waals surface area (Å²) < 4.78 is 0. The fourth-order valence-corrected chi connectivity index (χ4v) is 3.65. The number of imidazole rings is 2. The van der Waals surface area contributed by atoms with Gasteiger partial charge in [0.1, 0.15) is 11.6 Å². The summed E-state index contributed by atoms with van der Waals surface area (Å²) >= 11 is 0. The molecule has 0 amide bonds. The third-order valence-corrected chi connectivity index (χ3v) is 5.09. The van der Waals surface area contributed by atoms with Gasteiger partial charge in [-0.25, -0.2) is 9.97 Å². The average molecular weight is 628 g/mol. The van der Waals surface area contributed by atoms with Crippen molar-refractivity contribution in [3.05, 3.63) is 95.1 Å². The van der Waals surface area contributed by atoms with Crippen LogP contribution in [0.3, 0.4) is 0 Å². The molecule has 0 aliphatic heterocycles. The first-order chi connectivity index (χ1) is 15.6. The van der Waals surface area contributed by atoms with E-state index in [2.05, 4.69) is 40.3 Å². The van der Waals surface area contributed by atoms with Crippen molar-refractivity contribution in [1.29, 1.82) is 0 Å². The molecule has 0 bridgehead atoms. The van der Waals surface area contributed by atoms with Crippen molar-refractivity contribution in [3.63, 3.8) is 0 Å². The Kier molecular flexibility index (Phi) is 18.6. The molecule has 0 saturated carbocycles. The molecule has 0 radical (unpaired) electrons. The smallest absolute Gasteiger partial charge is 1.00 e. The van der Waals surface area contributed by atoms with E-state index in [1.807, 2.05) is 74.5 Å². The van der Waals surface area contributed by atoms with Crippen LogP contribution in [0.5, 0.6) is 0 Å². The minimum atomic E-state index is 0. The maximum atomic E-state index is 4.51. The largest absolute Gasteiger partial charge is 2.00 e. The predicted molar refractivity (Wildman–Crippen MR) is 141 cm³/mol. The van der Waals surface area contributed by atoms with Gasteiger partial charge in [0.25, 0.3) is 0 Å². The number of hydrogen-bond acceptors (Lipinski definition) is 4. The third kappa shape index (κ3) is 10.1. The number of aryl methyl sites for hydroxylation is 2. The summed E-state index contributed by atoms with van der Waals surface area (Å²) in [5, 5.41) is 14.3. The van der Waals surface area contributed by atoms with Gasteiger partial charge in [0.2, 0.25) is 0 Å². The van der Waals surface area contributed by atoms with Crippen molar-refractivity contribution in [2.75, 3.05) is 0 Å². The standard InChI is InChI=1S/2C12H12N4.2ClH.Ni.4H2O/c2*1-8-6-9(16-15-8)7-12-13-10-4-2-3-5-11(10)14-12;;;;;;;/h2*2-6H,7H2,1H3,(H,13,14)(H,15,16);2*1H;;4*1H2/q;;;;+2;;;;. The molecule has 0 fully saturated rings. The Bertz CT molecular complexity index is 1320. The van der Waals surface area contributed by atoms with Crippen molar-refractivity contribution in [2.45, 2.75) is 26.7 Å². The SMILES string of the molecule is Cc1cc(Cc2nc3ccccc3[nH]2)n[nH]1.Cc1cc(Cc2nc3ccccc3[nH]2)n[nH]1.O.O.[Cl-].[Cl-].[Ni+2].[OH3+].[OH3+]. The second-order valence-corrected chi connectivity index (χ2v) is 7.84. The average Bonchev–Trinajstić information content (AvgIpc) is 3.55. The van der Waals surface area contributed by atoms with Crippen molar-refractivity contribution in [2.24, 2.45) is 0 Å². The molecule has 6 rings (SSSR count). The van der Waals surface area contributed by atoms with Gasteiger partial charge in [0.05, 0.1) is 33.5 Å². The van der Waals surface area contributed by atoms with Crippen molar-refractivity contribution >= 4 is 22.1 Å². The summed E-state index contributed by atoms with van der Waals surface area (Å²) in [7, 11) is 0. The van der Waals surface area contributed by atoms with Gasteiger partial charge < -0.3 is 56.7 Å². The van der Waals surface area contributed by atoms with Gasteiger partial charge in [-0.2, -0.15) is 10.2 Å². The number of aromatic nitrogens is 8. The Morgan fingerprint density at radius 3 is 1.28 bits per heavy atom. The number of para-hydroxylation sites is 4. The first-order valence-corrected chi connectivity index (χ1v) is 10.5. The van der Waals surface area contributed by atoms with Gasteiger partial charge in [-0.3, -0.25) is 10.2 Å². The van der Waals surface area contributed by atoms with Crippen LogP contribution >= 0.6 is 0 Å². The molecule has 6 aromatic rings. The first-order valence-electron chi connectivity index (χ1n) is 10.5.